The summed E-state index contributed by atoms with van der Waals surface area (Å²) in [6.45, 7) is 3.89. The van der Waals surface area contributed by atoms with Crippen molar-refractivity contribution in [1.82, 2.24) is 5.32 Å². The molecule has 0 fully saturated rings. The Labute approximate surface area is 124 Å². The van der Waals surface area contributed by atoms with Crippen molar-refractivity contribution >= 4 is 0 Å². The molecule has 2 aromatic carbocycles. The van der Waals surface area contributed by atoms with Crippen LogP contribution in [0.25, 0.3) is 0 Å². The molecule has 0 heterocycles. The summed E-state index contributed by atoms with van der Waals surface area (Å²) in [5, 5.41) is 13.2. The first kappa shape index (κ1) is 15.3. The van der Waals surface area contributed by atoms with E-state index in [1.165, 1.54) is 18.2 Å². The minimum Gasteiger partial charge on any atom is -0.508 e. The van der Waals surface area contributed by atoms with Crippen LogP contribution in [0.4, 0.5) is 4.39 Å². The van der Waals surface area contributed by atoms with Crippen LogP contribution in [0.1, 0.15) is 37.1 Å². The van der Waals surface area contributed by atoms with Crippen molar-refractivity contribution in [2.75, 3.05) is 7.11 Å². The fraction of sp³-hybridized carbons (Fsp3) is 0.294. The van der Waals surface area contributed by atoms with Gasteiger partial charge in [0.2, 0.25) is 0 Å². The lowest BCUT2D eigenvalue weighted by Crippen LogP contribution is -2.23. The fourth-order valence-corrected chi connectivity index (χ4v) is 2.45. The second kappa shape index (κ2) is 6.59. The van der Waals surface area contributed by atoms with Gasteiger partial charge in [-0.15, -0.1) is 0 Å². The average molecular weight is 289 g/mol. The maximum atomic E-state index is 13.3. The standard InChI is InChI=1S/C17H20FNO2/c1-11(14-6-4-5-7-17(14)21-3)19-12(2)15-10-13(18)8-9-16(15)20/h4-12,19-20H,1-3H3/t11-,12?/m1/s1. The van der Waals surface area contributed by atoms with E-state index in [0.29, 0.717) is 5.56 Å². The molecular weight excluding hydrogens is 269 g/mol. The third-order valence-corrected chi connectivity index (χ3v) is 3.56. The largest absolute Gasteiger partial charge is 0.508 e. The van der Waals surface area contributed by atoms with E-state index in [-0.39, 0.29) is 23.7 Å². The molecule has 4 heteroatoms. The maximum Gasteiger partial charge on any atom is 0.123 e. The number of hydrogen-bond acceptors (Lipinski definition) is 3. The second-order valence-corrected chi connectivity index (χ2v) is 5.06. The molecule has 0 saturated carbocycles. The summed E-state index contributed by atoms with van der Waals surface area (Å²) >= 11 is 0. The van der Waals surface area contributed by atoms with Crippen LogP contribution in [0.15, 0.2) is 42.5 Å². The van der Waals surface area contributed by atoms with Crippen molar-refractivity contribution in [3.63, 3.8) is 0 Å². The molecule has 0 bridgehead atoms. The Morgan fingerprint density at radius 1 is 1.05 bits per heavy atom. The summed E-state index contributed by atoms with van der Waals surface area (Å²) in [6.07, 6.45) is 0. The summed E-state index contributed by atoms with van der Waals surface area (Å²) in [7, 11) is 1.63. The number of aromatic hydroxyl groups is 1. The fourth-order valence-electron chi connectivity index (χ4n) is 2.45. The van der Waals surface area contributed by atoms with Crippen LogP contribution in [0.3, 0.4) is 0 Å². The molecule has 0 aliphatic heterocycles. The topological polar surface area (TPSA) is 41.5 Å². The lowest BCUT2D eigenvalue weighted by Gasteiger charge is -2.23. The van der Waals surface area contributed by atoms with Gasteiger partial charge in [0.05, 0.1) is 7.11 Å². The van der Waals surface area contributed by atoms with E-state index in [1.807, 2.05) is 38.1 Å². The number of benzene rings is 2. The van der Waals surface area contributed by atoms with Gasteiger partial charge in [-0.3, -0.25) is 0 Å². The smallest absolute Gasteiger partial charge is 0.123 e. The van der Waals surface area contributed by atoms with E-state index in [4.69, 9.17) is 4.74 Å². The molecule has 112 valence electrons. The van der Waals surface area contributed by atoms with Crippen LogP contribution in [-0.4, -0.2) is 12.2 Å². The van der Waals surface area contributed by atoms with E-state index in [2.05, 4.69) is 5.32 Å². The van der Waals surface area contributed by atoms with Crippen molar-refractivity contribution in [2.45, 2.75) is 25.9 Å². The van der Waals surface area contributed by atoms with E-state index in [1.54, 1.807) is 7.11 Å². The van der Waals surface area contributed by atoms with E-state index in [0.717, 1.165) is 11.3 Å². The zero-order valence-electron chi connectivity index (χ0n) is 12.4. The highest BCUT2D eigenvalue weighted by molar-refractivity contribution is 5.37. The Kier molecular flexibility index (Phi) is 4.81. The van der Waals surface area contributed by atoms with Crippen LogP contribution in [-0.2, 0) is 0 Å². The molecular formula is C17H20FNO2. The molecule has 2 atom stereocenters. The number of methoxy groups -OCH3 is 1. The first-order valence-corrected chi connectivity index (χ1v) is 6.90. The third kappa shape index (κ3) is 3.52. The van der Waals surface area contributed by atoms with Gasteiger partial charge < -0.3 is 15.2 Å². The summed E-state index contributed by atoms with van der Waals surface area (Å²) in [6, 6.07) is 11.5. The number of para-hydroxylation sites is 1. The van der Waals surface area contributed by atoms with Crippen LogP contribution >= 0.6 is 0 Å². The first-order valence-electron chi connectivity index (χ1n) is 6.90. The van der Waals surface area contributed by atoms with Crippen molar-refractivity contribution in [3.05, 3.63) is 59.4 Å². The Morgan fingerprint density at radius 2 is 1.71 bits per heavy atom. The molecule has 21 heavy (non-hydrogen) atoms. The van der Waals surface area contributed by atoms with E-state index >= 15 is 0 Å². The molecule has 3 nitrogen and oxygen atoms in total. The number of rotatable bonds is 5. The highest BCUT2D eigenvalue weighted by Gasteiger charge is 2.17. The molecule has 0 amide bonds. The molecule has 0 radical (unpaired) electrons. The second-order valence-electron chi connectivity index (χ2n) is 5.06. The molecule has 2 rings (SSSR count). The highest BCUT2D eigenvalue weighted by atomic mass is 19.1. The number of ether oxygens (including phenoxy) is 1. The van der Waals surface area contributed by atoms with Gasteiger partial charge in [0, 0.05) is 23.2 Å². The Morgan fingerprint density at radius 3 is 2.43 bits per heavy atom. The van der Waals surface area contributed by atoms with Gasteiger partial charge in [0.15, 0.2) is 0 Å². The van der Waals surface area contributed by atoms with Gasteiger partial charge in [-0.1, -0.05) is 18.2 Å². The maximum absolute atomic E-state index is 13.3. The number of phenols is 1. The van der Waals surface area contributed by atoms with Crippen molar-refractivity contribution in [1.29, 1.82) is 0 Å². The van der Waals surface area contributed by atoms with Gasteiger partial charge in [-0.05, 0) is 38.1 Å². The summed E-state index contributed by atoms with van der Waals surface area (Å²) in [4.78, 5) is 0. The number of halogens is 1. The van der Waals surface area contributed by atoms with Crippen molar-refractivity contribution in [3.8, 4) is 11.5 Å². The summed E-state index contributed by atoms with van der Waals surface area (Å²) < 4.78 is 18.7. The third-order valence-electron chi connectivity index (χ3n) is 3.56. The normalized spacial score (nSPS) is 13.7. The molecule has 0 aromatic heterocycles. The number of hydrogen-bond donors (Lipinski definition) is 2. The van der Waals surface area contributed by atoms with Crippen molar-refractivity contribution in [2.24, 2.45) is 0 Å². The Hall–Kier alpha value is -2.07. The van der Waals surface area contributed by atoms with Gasteiger partial charge in [-0.25, -0.2) is 4.39 Å². The minimum absolute atomic E-state index is 0.00110. The minimum atomic E-state index is -0.360. The lowest BCUT2D eigenvalue weighted by molar-refractivity contribution is 0.393. The number of nitrogens with one attached hydrogen (secondary N) is 1. The van der Waals surface area contributed by atoms with Crippen molar-refractivity contribution < 1.29 is 14.2 Å². The van der Waals surface area contributed by atoms with Crippen LogP contribution in [0, 0.1) is 5.82 Å². The summed E-state index contributed by atoms with van der Waals surface area (Å²) in [5.74, 6) is 0.526. The quantitative estimate of drug-likeness (QED) is 0.875. The predicted octanol–water partition coefficient (Wildman–Crippen LogP) is 3.95. The van der Waals surface area contributed by atoms with Gasteiger partial charge in [0.1, 0.15) is 17.3 Å². The highest BCUT2D eigenvalue weighted by Crippen LogP contribution is 2.29. The zero-order valence-corrected chi connectivity index (χ0v) is 12.4. The van der Waals surface area contributed by atoms with Crippen LogP contribution < -0.4 is 10.1 Å². The molecule has 2 N–H and O–H groups in total. The van der Waals surface area contributed by atoms with Crippen LogP contribution in [0.5, 0.6) is 11.5 Å². The van der Waals surface area contributed by atoms with Crippen LogP contribution in [0.2, 0.25) is 0 Å². The zero-order chi connectivity index (χ0) is 15.4. The molecule has 0 saturated heterocycles. The molecule has 0 spiro atoms. The van der Waals surface area contributed by atoms with Gasteiger partial charge >= 0.3 is 0 Å². The number of phenolic OH excluding ortho intramolecular Hbond substituents is 1. The molecule has 0 aliphatic rings. The lowest BCUT2D eigenvalue weighted by atomic mass is 10.0. The Balaban J connectivity index is 2.18. The molecule has 1 unspecified atom stereocenters. The molecule has 0 aliphatic carbocycles. The monoisotopic (exact) mass is 289 g/mol. The Bertz CT molecular complexity index is 615. The predicted molar refractivity (Wildman–Crippen MR) is 81.0 cm³/mol. The average Bonchev–Trinajstić information content (AvgIpc) is 2.49. The summed E-state index contributed by atoms with van der Waals surface area (Å²) in [5.41, 5.74) is 1.56. The van der Waals surface area contributed by atoms with E-state index < -0.39 is 0 Å². The SMILES string of the molecule is COc1ccccc1[C@@H](C)NC(C)c1cc(F)ccc1O. The van der Waals surface area contributed by atoms with E-state index in [9.17, 15) is 9.50 Å². The van der Waals surface area contributed by atoms with Gasteiger partial charge in [-0.2, -0.15) is 0 Å². The molecule has 2 aromatic rings. The first-order chi connectivity index (χ1) is 10.0. The van der Waals surface area contributed by atoms with Gasteiger partial charge in [0.25, 0.3) is 0 Å².